The second kappa shape index (κ2) is 6.35. The summed E-state index contributed by atoms with van der Waals surface area (Å²) in [6.45, 7) is 1.00. The predicted molar refractivity (Wildman–Crippen MR) is 73.4 cm³/mol. The lowest BCUT2D eigenvalue weighted by atomic mass is 10.1. The van der Waals surface area contributed by atoms with Crippen molar-refractivity contribution in [1.29, 1.82) is 0 Å². The van der Waals surface area contributed by atoms with Gasteiger partial charge in [-0.15, -0.1) is 0 Å². The summed E-state index contributed by atoms with van der Waals surface area (Å²) in [4.78, 5) is 3.92. The third-order valence-electron chi connectivity index (χ3n) is 2.43. The minimum atomic E-state index is 0.803. The molecule has 0 spiro atoms. The van der Waals surface area contributed by atoms with Gasteiger partial charge < -0.3 is 9.73 Å². The van der Waals surface area contributed by atoms with Crippen LogP contribution < -0.4 is 5.32 Å². The van der Waals surface area contributed by atoms with Crippen molar-refractivity contribution < 1.29 is 4.42 Å². The number of rotatable bonds is 6. The Bertz CT molecular complexity index is 442. The normalized spacial score (nSPS) is 10.4. The highest BCUT2D eigenvalue weighted by atomic mass is 32.2. The van der Waals surface area contributed by atoms with Gasteiger partial charge in [0.1, 0.15) is 0 Å². The van der Waals surface area contributed by atoms with E-state index < -0.39 is 0 Å². The average Bonchev–Trinajstić information content (AvgIpc) is 2.89. The van der Waals surface area contributed by atoms with E-state index in [1.807, 2.05) is 23.9 Å². The van der Waals surface area contributed by atoms with Gasteiger partial charge in [-0.1, -0.05) is 12.1 Å². The van der Waals surface area contributed by atoms with Crippen molar-refractivity contribution in [2.24, 2.45) is 0 Å². The van der Waals surface area contributed by atoms with Crippen LogP contribution in [0.15, 0.2) is 41.3 Å². The Morgan fingerprint density at radius 3 is 3.12 bits per heavy atom. The summed E-state index contributed by atoms with van der Waals surface area (Å²) in [5, 5.41) is 3.41. The molecule has 2 aromatic rings. The van der Waals surface area contributed by atoms with Crippen molar-refractivity contribution in [2.75, 3.05) is 23.9 Å². The van der Waals surface area contributed by atoms with E-state index in [1.54, 1.807) is 6.20 Å². The summed E-state index contributed by atoms with van der Waals surface area (Å²) in [5.41, 5.74) is 2.18. The number of oxazole rings is 1. The van der Waals surface area contributed by atoms with E-state index in [1.165, 1.54) is 18.6 Å². The van der Waals surface area contributed by atoms with Crippen LogP contribution in [0.5, 0.6) is 0 Å². The molecule has 0 aliphatic carbocycles. The predicted octanol–water partition coefficient (Wildman–Crippen LogP) is 3.51. The van der Waals surface area contributed by atoms with Crippen molar-refractivity contribution >= 4 is 17.4 Å². The van der Waals surface area contributed by atoms with E-state index in [-0.39, 0.29) is 0 Å². The zero-order valence-electron chi connectivity index (χ0n) is 9.85. The molecule has 0 unspecified atom stereocenters. The molecule has 0 radical (unpaired) electrons. The van der Waals surface area contributed by atoms with Crippen LogP contribution in [0.4, 0.5) is 5.69 Å². The summed E-state index contributed by atoms with van der Waals surface area (Å²) in [6, 6.07) is 8.20. The molecule has 2 rings (SSSR count). The molecule has 1 heterocycles. The first kappa shape index (κ1) is 12.0. The molecule has 0 atom stereocenters. The maximum Gasteiger partial charge on any atom is 0.181 e. The van der Waals surface area contributed by atoms with E-state index in [0.29, 0.717) is 0 Å². The van der Waals surface area contributed by atoms with Gasteiger partial charge in [-0.2, -0.15) is 11.8 Å². The molecule has 0 bridgehead atoms. The second-order valence-electron chi connectivity index (χ2n) is 3.72. The lowest BCUT2D eigenvalue weighted by Crippen LogP contribution is -2.02. The zero-order valence-corrected chi connectivity index (χ0v) is 10.7. The first-order valence-electron chi connectivity index (χ1n) is 5.62. The summed E-state index contributed by atoms with van der Waals surface area (Å²) in [6.07, 6.45) is 6.49. The minimum Gasteiger partial charge on any atom is -0.444 e. The molecule has 90 valence electrons. The van der Waals surface area contributed by atoms with Crippen molar-refractivity contribution in [3.05, 3.63) is 36.9 Å². The maximum absolute atomic E-state index is 5.28. The number of hydrogen-bond acceptors (Lipinski definition) is 4. The number of benzene rings is 1. The Hall–Kier alpha value is -1.42. The SMILES string of the molecule is CSCCCNc1cccc(-c2cnco2)c1. The Morgan fingerprint density at radius 2 is 2.35 bits per heavy atom. The zero-order chi connectivity index (χ0) is 11.9. The Kier molecular flexibility index (Phi) is 4.50. The third-order valence-corrected chi connectivity index (χ3v) is 3.13. The Labute approximate surface area is 106 Å². The maximum atomic E-state index is 5.28. The highest BCUT2D eigenvalue weighted by Crippen LogP contribution is 2.21. The van der Waals surface area contributed by atoms with Crippen LogP contribution in [-0.2, 0) is 0 Å². The van der Waals surface area contributed by atoms with Crippen LogP contribution in [0, 0.1) is 0 Å². The van der Waals surface area contributed by atoms with Gasteiger partial charge in [0.05, 0.1) is 6.20 Å². The first-order valence-corrected chi connectivity index (χ1v) is 7.01. The van der Waals surface area contributed by atoms with Crippen LogP contribution >= 0.6 is 11.8 Å². The van der Waals surface area contributed by atoms with Gasteiger partial charge in [0.25, 0.3) is 0 Å². The third kappa shape index (κ3) is 3.53. The number of nitrogens with one attached hydrogen (secondary N) is 1. The summed E-state index contributed by atoms with van der Waals surface area (Å²) < 4.78 is 5.28. The molecule has 17 heavy (non-hydrogen) atoms. The highest BCUT2D eigenvalue weighted by Gasteiger charge is 2.01. The Balaban J connectivity index is 1.97. The number of aromatic nitrogens is 1. The van der Waals surface area contributed by atoms with E-state index in [2.05, 4.69) is 28.7 Å². The fourth-order valence-electron chi connectivity index (χ4n) is 1.59. The molecule has 0 amide bonds. The number of anilines is 1. The van der Waals surface area contributed by atoms with Gasteiger partial charge in [-0.3, -0.25) is 0 Å². The summed E-state index contributed by atoms with van der Waals surface area (Å²) >= 11 is 1.87. The Morgan fingerprint density at radius 1 is 1.41 bits per heavy atom. The minimum absolute atomic E-state index is 0.803. The molecule has 4 heteroatoms. The van der Waals surface area contributed by atoms with Gasteiger partial charge in [0, 0.05) is 17.8 Å². The van der Waals surface area contributed by atoms with Crippen LogP contribution in [0.1, 0.15) is 6.42 Å². The molecule has 3 nitrogen and oxygen atoms in total. The molecule has 0 fully saturated rings. The van der Waals surface area contributed by atoms with E-state index >= 15 is 0 Å². The van der Waals surface area contributed by atoms with Crippen molar-refractivity contribution in [3.8, 4) is 11.3 Å². The quantitative estimate of drug-likeness (QED) is 0.794. The standard InChI is InChI=1S/C13H16N2OS/c1-17-7-3-6-15-12-5-2-4-11(8-12)13-9-14-10-16-13/h2,4-5,8-10,15H,3,6-7H2,1H3. The number of hydrogen-bond donors (Lipinski definition) is 1. The van der Waals surface area contributed by atoms with Crippen LogP contribution in [0.25, 0.3) is 11.3 Å². The van der Waals surface area contributed by atoms with Gasteiger partial charge >= 0.3 is 0 Å². The van der Waals surface area contributed by atoms with E-state index in [9.17, 15) is 0 Å². The first-order chi connectivity index (χ1) is 8.40. The van der Waals surface area contributed by atoms with Crippen molar-refractivity contribution in [1.82, 2.24) is 4.98 Å². The molecule has 0 saturated carbocycles. The number of nitrogens with zero attached hydrogens (tertiary/aromatic N) is 1. The van der Waals surface area contributed by atoms with Crippen LogP contribution in [0.2, 0.25) is 0 Å². The van der Waals surface area contributed by atoms with Crippen LogP contribution in [0.3, 0.4) is 0 Å². The fourth-order valence-corrected chi connectivity index (χ4v) is 2.02. The van der Waals surface area contributed by atoms with Crippen molar-refractivity contribution in [2.45, 2.75) is 6.42 Å². The molecule has 0 aliphatic heterocycles. The van der Waals surface area contributed by atoms with Gasteiger partial charge in [-0.25, -0.2) is 4.98 Å². The number of thioether (sulfide) groups is 1. The second-order valence-corrected chi connectivity index (χ2v) is 4.71. The lowest BCUT2D eigenvalue weighted by Gasteiger charge is -2.06. The largest absolute Gasteiger partial charge is 0.444 e. The highest BCUT2D eigenvalue weighted by molar-refractivity contribution is 7.98. The lowest BCUT2D eigenvalue weighted by molar-refractivity contribution is 0.572. The topological polar surface area (TPSA) is 38.1 Å². The molecular formula is C13H16N2OS. The van der Waals surface area contributed by atoms with Crippen LogP contribution in [-0.4, -0.2) is 23.5 Å². The van der Waals surface area contributed by atoms with Crippen molar-refractivity contribution in [3.63, 3.8) is 0 Å². The molecule has 1 N–H and O–H groups in total. The monoisotopic (exact) mass is 248 g/mol. The van der Waals surface area contributed by atoms with Gasteiger partial charge in [0.2, 0.25) is 0 Å². The molecule has 0 aliphatic rings. The molecule has 1 aromatic heterocycles. The van der Waals surface area contributed by atoms with Gasteiger partial charge in [0.15, 0.2) is 12.2 Å². The van der Waals surface area contributed by atoms with E-state index in [4.69, 9.17) is 4.42 Å². The molecular weight excluding hydrogens is 232 g/mol. The summed E-state index contributed by atoms with van der Waals surface area (Å²) in [7, 11) is 0. The smallest absolute Gasteiger partial charge is 0.181 e. The fraction of sp³-hybridized carbons (Fsp3) is 0.308. The van der Waals surface area contributed by atoms with E-state index in [0.717, 1.165) is 23.6 Å². The average molecular weight is 248 g/mol. The summed E-state index contributed by atoms with van der Waals surface area (Å²) in [5.74, 6) is 1.99. The molecule has 1 aromatic carbocycles. The van der Waals surface area contributed by atoms with Gasteiger partial charge in [-0.05, 0) is 30.6 Å². The molecule has 0 saturated heterocycles.